The fourth-order valence-corrected chi connectivity index (χ4v) is 1.12. The van der Waals surface area contributed by atoms with Crippen LogP contribution in [-0.4, -0.2) is 12.0 Å². The van der Waals surface area contributed by atoms with Crippen LogP contribution in [-0.2, 0) is 4.79 Å². The Bertz CT molecular complexity index is 395. The van der Waals surface area contributed by atoms with Crippen molar-refractivity contribution in [3.8, 4) is 0 Å². The second-order valence-corrected chi connectivity index (χ2v) is 2.83. The molecule has 0 fully saturated rings. The van der Waals surface area contributed by atoms with Crippen molar-refractivity contribution in [3.05, 3.63) is 34.3 Å². The zero-order valence-corrected chi connectivity index (χ0v) is 7.63. The van der Waals surface area contributed by atoms with Gasteiger partial charge in [-0.3, -0.25) is 4.79 Å². The summed E-state index contributed by atoms with van der Waals surface area (Å²) in [5, 5.41) is 0.479. The number of hydrogen-bond acceptors (Lipinski definition) is 2. The Kier molecular flexibility index (Phi) is 2.96. The minimum atomic E-state index is -0.616. The summed E-state index contributed by atoms with van der Waals surface area (Å²) in [6.45, 7) is 1.69. The molecule has 66 valence electrons. The van der Waals surface area contributed by atoms with E-state index in [-0.39, 0.29) is 0 Å². The summed E-state index contributed by atoms with van der Waals surface area (Å²) in [6.07, 6.45) is 1.20. The van der Waals surface area contributed by atoms with E-state index in [1.54, 1.807) is 25.1 Å². The van der Waals surface area contributed by atoms with Crippen LogP contribution >= 0.6 is 11.6 Å². The number of carbonyl (C=O) groups excluding carboxylic acids is 2. The molecule has 0 radical (unpaired) electrons. The molecule has 13 heavy (non-hydrogen) atoms. The van der Waals surface area contributed by atoms with E-state index < -0.39 is 5.91 Å². The van der Waals surface area contributed by atoms with Crippen LogP contribution in [0.1, 0.15) is 15.9 Å². The zero-order chi connectivity index (χ0) is 9.84. The number of halogens is 1. The van der Waals surface area contributed by atoms with Gasteiger partial charge in [0.25, 0.3) is 5.91 Å². The third kappa shape index (κ3) is 2.02. The van der Waals surface area contributed by atoms with Gasteiger partial charge in [-0.05, 0) is 24.6 Å². The molecule has 0 atom stereocenters. The minimum absolute atomic E-state index is 0.329. The van der Waals surface area contributed by atoms with Crippen molar-refractivity contribution >= 4 is 23.6 Å². The van der Waals surface area contributed by atoms with Crippen LogP contribution in [0.3, 0.4) is 0 Å². The SMILES string of the molecule is Cc1c(Cl)cccc1C(=O)N=C=O. The molecule has 1 aromatic rings. The van der Waals surface area contributed by atoms with Crippen LogP contribution in [0.5, 0.6) is 0 Å². The van der Waals surface area contributed by atoms with Crippen LogP contribution < -0.4 is 0 Å². The maximum Gasteiger partial charge on any atom is 0.288 e. The second kappa shape index (κ2) is 3.99. The number of isocyanates is 1. The van der Waals surface area contributed by atoms with E-state index in [9.17, 15) is 9.59 Å². The highest BCUT2D eigenvalue weighted by Crippen LogP contribution is 2.19. The highest BCUT2D eigenvalue weighted by atomic mass is 35.5. The molecule has 1 aromatic carbocycles. The van der Waals surface area contributed by atoms with Gasteiger partial charge in [0.2, 0.25) is 6.08 Å². The Hall–Kier alpha value is -1.44. The van der Waals surface area contributed by atoms with Gasteiger partial charge in [-0.1, -0.05) is 17.7 Å². The number of aliphatic imine (C=N–C) groups is 1. The molecule has 0 bridgehead atoms. The summed E-state index contributed by atoms with van der Waals surface area (Å²) < 4.78 is 0. The molecule has 0 heterocycles. The van der Waals surface area contributed by atoms with Crippen molar-refractivity contribution in [3.63, 3.8) is 0 Å². The maximum atomic E-state index is 11.1. The third-order valence-electron chi connectivity index (χ3n) is 1.65. The summed E-state index contributed by atoms with van der Waals surface area (Å²) in [5.74, 6) is -0.616. The first-order valence-electron chi connectivity index (χ1n) is 3.54. The number of benzene rings is 1. The van der Waals surface area contributed by atoms with E-state index >= 15 is 0 Å². The number of carbonyl (C=O) groups is 1. The number of nitrogens with zero attached hydrogens (tertiary/aromatic N) is 1. The monoisotopic (exact) mass is 195 g/mol. The molecule has 0 aromatic heterocycles. The Balaban J connectivity index is 3.22. The standard InChI is InChI=1S/C9H6ClNO2/c1-6-7(9(13)11-5-12)3-2-4-8(6)10/h2-4H,1H3. The van der Waals surface area contributed by atoms with E-state index in [4.69, 9.17) is 11.6 Å². The quantitative estimate of drug-likeness (QED) is 0.509. The van der Waals surface area contributed by atoms with Gasteiger partial charge < -0.3 is 0 Å². The van der Waals surface area contributed by atoms with Crippen LogP contribution in [0.25, 0.3) is 0 Å². The molecule has 0 aliphatic rings. The summed E-state index contributed by atoms with van der Waals surface area (Å²) in [5.41, 5.74) is 0.948. The van der Waals surface area contributed by atoms with Crippen LogP contribution in [0.2, 0.25) is 5.02 Å². The van der Waals surface area contributed by atoms with Gasteiger partial charge in [-0.25, -0.2) is 4.79 Å². The zero-order valence-electron chi connectivity index (χ0n) is 6.87. The van der Waals surface area contributed by atoms with Gasteiger partial charge >= 0.3 is 0 Å². The average molecular weight is 196 g/mol. The van der Waals surface area contributed by atoms with Crippen molar-refractivity contribution in [2.24, 2.45) is 4.99 Å². The van der Waals surface area contributed by atoms with E-state index in [2.05, 4.69) is 4.99 Å². The number of amides is 1. The maximum absolute atomic E-state index is 11.1. The van der Waals surface area contributed by atoms with Gasteiger partial charge in [0.15, 0.2) is 0 Å². The number of hydrogen-bond donors (Lipinski definition) is 0. The lowest BCUT2D eigenvalue weighted by Crippen LogP contribution is -1.97. The van der Waals surface area contributed by atoms with Crippen LogP contribution in [0, 0.1) is 6.92 Å². The Labute approximate surface area is 80.0 Å². The smallest absolute Gasteiger partial charge is 0.266 e. The fraction of sp³-hybridized carbons (Fsp3) is 0.111. The van der Waals surface area contributed by atoms with Gasteiger partial charge in [-0.2, -0.15) is 0 Å². The molecule has 0 spiro atoms. The summed E-state index contributed by atoms with van der Waals surface area (Å²) in [7, 11) is 0. The highest BCUT2D eigenvalue weighted by molar-refractivity contribution is 6.31. The molecular weight excluding hydrogens is 190 g/mol. The van der Waals surface area contributed by atoms with Crippen molar-refractivity contribution in [2.45, 2.75) is 6.92 Å². The first-order valence-corrected chi connectivity index (χ1v) is 3.92. The molecule has 0 aliphatic carbocycles. The average Bonchev–Trinajstić information content (AvgIpc) is 2.10. The molecular formula is C9H6ClNO2. The van der Waals surface area contributed by atoms with Crippen molar-refractivity contribution < 1.29 is 9.59 Å². The molecule has 0 saturated heterocycles. The Morgan fingerprint density at radius 2 is 2.23 bits per heavy atom. The first kappa shape index (κ1) is 9.65. The lowest BCUT2D eigenvalue weighted by atomic mass is 10.1. The van der Waals surface area contributed by atoms with Gasteiger partial charge in [0, 0.05) is 10.6 Å². The second-order valence-electron chi connectivity index (χ2n) is 2.42. The van der Waals surface area contributed by atoms with E-state index in [1.807, 2.05) is 0 Å². The molecule has 3 nitrogen and oxygen atoms in total. The van der Waals surface area contributed by atoms with Gasteiger partial charge in [0.05, 0.1) is 0 Å². The van der Waals surface area contributed by atoms with Crippen molar-refractivity contribution in [1.29, 1.82) is 0 Å². The lowest BCUT2D eigenvalue weighted by molar-refractivity contribution is 0.100. The normalized spacial score (nSPS) is 9.08. The topological polar surface area (TPSA) is 46.5 Å². The number of rotatable bonds is 1. The Morgan fingerprint density at radius 3 is 2.85 bits per heavy atom. The van der Waals surface area contributed by atoms with Crippen LogP contribution in [0.15, 0.2) is 23.2 Å². The molecule has 1 rings (SSSR count). The van der Waals surface area contributed by atoms with E-state index in [0.29, 0.717) is 16.1 Å². The van der Waals surface area contributed by atoms with Crippen molar-refractivity contribution in [2.75, 3.05) is 0 Å². The fourth-order valence-electron chi connectivity index (χ4n) is 0.941. The first-order chi connectivity index (χ1) is 6.16. The van der Waals surface area contributed by atoms with Gasteiger partial charge in [-0.15, -0.1) is 4.99 Å². The Morgan fingerprint density at radius 1 is 1.54 bits per heavy atom. The summed E-state index contributed by atoms with van der Waals surface area (Å²) >= 11 is 5.77. The predicted molar refractivity (Wildman–Crippen MR) is 48.6 cm³/mol. The molecule has 4 heteroatoms. The molecule has 0 saturated carbocycles. The van der Waals surface area contributed by atoms with E-state index in [0.717, 1.165) is 0 Å². The van der Waals surface area contributed by atoms with Crippen molar-refractivity contribution in [1.82, 2.24) is 0 Å². The van der Waals surface area contributed by atoms with E-state index in [1.165, 1.54) is 6.08 Å². The predicted octanol–water partition coefficient (Wildman–Crippen LogP) is 2.12. The molecule has 0 N–H and O–H groups in total. The highest BCUT2D eigenvalue weighted by Gasteiger charge is 2.08. The van der Waals surface area contributed by atoms with Gasteiger partial charge in [0.1, 0.15) is 0 Å². The summed E-state index contributed by atoms with van der Waals surface area (Å²) in [4.78, 5) is 24.0. The minimum Gasteiger partial charge on any atom is -0.266 e. The molecule has 0 unspecified atom stereocenters. The van der Waals surface area contributed by atoms with Crippen LogP contribution in [0.4, 0.5) is 0 Å². The summed E-state index contributed by atoms with van der Waals surface area (Å²) in [6, 6.07) is 4.85. The lowest BCUT2D eigenvalue weighted by Gasteiger charge is -2.01. The molecule has 0 aliphatic heterocycles. The third-order valence-corrected chi connectivity index (χ3v) is 2.05. The molecule has 1 amide bonds. The largest absolute Gasteiger partial charge is 0.288 e.